The lowest BCUT2D eigenvalue weighted by Crippen LogP contribution is -2.20. The van der Waals surface area contributed by atoms with Gasteiger partial charge < -0.3 is 15.4 Å². The average molecular weight is 366 g/mol. The van der Waals surface area contributed by atoms with Crippen molar-refractivity contribution >= 4 is 23.5 Å². The van der Waals surface area contributed by atoms with Crippen molar-refractivity contribution in [3.05, 3.63) is 71.3 Å². The van der Waals surface area contributed by atoms with Gasteiger partial charge in [-0.25, -0.2) is 0 Å². The van der Waals surface area contributed by atoms with Crippen molar-refractivity contribution in [2.24, 2.45) is 0 Å². The van der Waals surface area contributed by atoms with Crippen LogP contribution in [-0.4, -0.2) is 17.8 Å². The third-order valence-corrected chi connectivity index (χ3v) is 3.43. The molecule has 0 saturated heterocycles. The standard InChI is InChI=1S/C21H22N2O4/c1-14(2)10-20(25)22-13-16-6-4-8-18(11-16)23-21(26)17-7-5-9-19(12-17)27-15(3)24/h4-12H,13H2,1-3H3,(H,22,25)(H,23,26). The van der Waals surface area contributed by atoms with Crippen LogP contribution in [-0.2, 0) is 16.1 Å². The second-order valence-corrected chi connectivity index (χ2v) is 6.22. The summed E-state index contributed by atoms with van der Waals surface area (Å²) in [6, 6.07) is 13.6. The molecule has 140 valence electrons. The number of hydrogen-bond acceptors (Lipinski definition) is 4. The molecule has 0 radical (unpaired) electrons. The van der Waals surface area contributed by atoms with Gasteiger partial charge in [-0.2, -0.15) is 0 Å². The van der Waals surface area contributed by atoms with Gasteiger partial charge in [0, 0.05) is 30.8 Å². The zero-order valence-electron chi connectivity index (χ0n) is 15.5. The highest BCUT2D eigenvalue weighted by Crippen LogP contribution is 2.16. The number of ether oxygens (including phenoxy) is 1. The van der Waals surface area contributed by atoms with Crippen LogP contribution in [0.1, 0.15) is 36.7 Å². The fourth-order valence-electron chi connectivity index (χ4n) is 2.33. The van der Waals surface area contributed by atoms with E-state index in [1.807, 2.05) is 19.9 Å². The van der Waals surface area contributed by atoms with E-state index in [0.717, 1.165) is 11.1 Å². The average Bonchev–Trinajstić information content (AvgIpc) is 2.59. The van der Waals surface area contributed by atoms with E-state index in [-0.39, 0.29) is 11.8 Å². The molecule has 0 aliphatic rings. The van der Waals surface area contributed by atoms with E-state index in [2.05, 4.69) is 10.6 Å². The molecule has 0 heterocycles. The van der Waals surface area contributed by atoms with Crippen molar-refractivity contribution in [2.45, 2.75) is 27.3 Å². The van der Waals surface area contributed by atoms with Gasteiger partial charge in [0.05, 0.1) is 0 Å². The van der Waals surface area contributed by atoms with E-state index in [1.54, 1.807) is 36.4 Å². The number of rotatable bonds is 6. The van der Waals surface area contributed by atoms with E-state index < -0.39 is 5.97 Å². The highest BCUT2D eigenvalue weighted by atomic mass is 16.5. The molecule has 0 aliphatic carbocycles. The molecule has 0 spiro atoms. The maximum absolute atomic E-state index is 12.4. The molecular formula is C21H22N2O4. The maximum Gasteiger partial charge on any atom is 0.308 e. The maximum atomic E-state index is 12.4. The second-order valence-electron chi connectivity index (χ2n) is 6.22. The number of allylic oxidation sites excluding steroid dienone is 1. The number of hydrogen-bond donors (Lipinski definition) is 2. The minimum absolute atomic E-state index is 0.160. The van der Waals surface area contributed by atoms with Crippen molar-refractivity contribution in [1.82, 2.24) is 5.32 Å². The first-order valence-corrected chi connectivity index (χ1v) is 8.45. The smallest absolute Gasteiger partial charge is 0.308 e. The molecular weight excluding hydrogens is 344 g/mol. The van der Waals surface area contributed by atoms with E-state index >= 15 is 0 Å². The van der Waals surface area contributed by atoms with Gasteiger partial charge in [0.1, 0.15) is 5.75 Å². The summed E-state index contributed by atoms with van der Waals surface area (Å²) < 4.78 is 4.99. The quantitative estimate of drug-likeness (QED) is 0.466. The summed E-state index contributed by atoms with van der Waals surface area (Å²) in [5.74, 6) is -0.622. The SMILES string of the molecule is CC(=O)Oc1cccc(C(=O)Nc2cccc(CNC(=O)C=C(C)C)c2)c1. The number of anilines is 1. The van der Waals surface area contributed by atoms with Crippen LogP contribution in [0.4, 0.5) is 5.69 Å². The largest absolute Gasteiger partial charge is 0.427 e. The first-order valence-electron chi connectivity index (χ1n) is 8.45. The van der Waals surface area contributed by atoms with E-state index in [0.29, 0.717) is 23.5 Å². The molecule has 0 fully saturated rings. The first kappa shape index (κ1) is 19.9. The third-order valence-electron chi connectivity index (χ3n) is 3.43. The van der Waals surface area contributed by atoms with Crippen molar-refractivity contribution < 1.29 is 19.1 Å². The highest BCUT2D eigenvalue weighted by molar-refractivity contribution is 6.04. The Kier molecular flexibility index (Phi) is 6.88. The van der Waals surface area contributed by atoms with E-state index in [4.69, 9.17) is 4.74 Å². The number of carbonyl (C=O) groups excluding carboxylic acids is 3. The summed E-state index contributed by atoms with van der Waals surface area (Å²) >= 11 is 0. The van der Waals surface area contributed by atoms with Crippen LogP contribution in [0.5, 0.6) is 5.75 Å². The molecule has 0 unspecified atom stereocenters. The van der Waals surface area contributed by atoms with Gasteiger partial charge in [-0.05, 0) is 49.7 Å². The van der Waals surface area contributed by atoms with Gasteiger partial charge in [-0.1, -0.05) is 23.8 Å². The van der Waals surface area contributed by atoms with Gasteiger partial charge in [-0.3, -0.25) is 14.4 Å². The minimum Gasteiger partial charge on any atom is -0.427 e. The zero-order valence-corrected chi connectivity index (χ0v) is 15.5. The van der Waals surface area contributed by atoms with Crippen LogP contribution >= 0.6 is 0 Å². The van der Waals surface area contributed by atoms with E-state index in [9.17, 15) is 14.4 Å². The van der Waals surface area contributed by atoms with Crippen LogP contribution in [0.3, 0.4) is 0 Å². The number of nitrogens with one attached hydrogen (secondary N) is 2. The fourth-order valence-corrected chi connectivity index (χ4v) is 2.33. The molecule has 2 amide bonds. The Morgan fingerprint density at radius 3 is 2.44 bits per heavy atom. The fraction of sp³-hybridized carbons (Fsp3) is 0.190. The third kappa shape index (κ3) is 6.78. The number of benzene rings is 2. The lowest BCUT2D eigenvalue weighted by atomic mass is 10.1. The summed E-state index contributed by atoms with van der Waals surface area (Å²) in [6.07, 6.45) is 1.53. The summed E-state index contributed by atoms with van der Waals surface area (Å²) in [5.41, 5.74) is 2.75. The molecule has 2 N–H and O–H groups in total. The lowest BCUT2D eigenvalue weighted by molar-refractivity contribution is -0.131. The highest BCUT2D eigenvalue weighted by Gasteiger charge is 2.09. The number of esters is 1. The Balaban J connectivity index is 2.03. The van der Waals surface area contributed by atoms with Gasteiger partial charge in [0.25, 0.3) is 5.91 Å². The van der Waals surface area contributed by atoms with Crippen LogP contribution in [0, 0.1) is 0 Å². The Bertz CT molecular complexity index is 883. The minimum atomic E-state index is -0.449. The molecule has 0 atom stereocenters. The molecule has 0 bridgehead atoms. The summed E-state index contributed by atoms with van der Waals surface area (Å²) in [6.45, 7) is 5.36. The van der Waals surface area contributed by atoms with Crippen molar-refractivity contribution in [3.63, 3.8) is 0 Å². The Morgan fingerprint density at radius 1 is 1.00 bits per heavy atom. The summed E-state index contributed by atoms with van der Waals surface area (Å²) in [4.78, 5) is 35.1. The number of amides is 2. The molecule has 27 heavy (non-hydrogen) atoms. The van der Waals surface area contributed by atoms with Crippen LogP contribution < -0.4 is 15.4 Å². The zero-order chi connectivity index (χ0) is 19.8. The Hall–Kier alpha value is -3.41. The molecule has 6 nitrogen and oxygen atoms in total. The van der Waals surface area contributed by atoms with Gasteiger partial charge in [0.15, 0.2) is 0 Å². The van der Waals surface area contributed by atoms with E-state index in [1.165, 1.54) is 19.1 Å². The second kappa shape index (κ2) is 9.33. The predicted molar refractivity (Wildman–Crippen MR) is 103 cm³/mol. The van der Waals surface area contributed by atoms with Crippen LogP contribution in [0.25, 0.3) is 0 Å². The molecule has 6 heteroatoms. The number of carbonyl (C=O) groups is 3. The van der Waals surface area contributed by atoms with Crippen molar-refractivity contribution in [1.29, 1.82) is 0 Å². The monoisotopic (exact) mass is 366 g/mol. The molecule has 2 aromatic carbocycles. The molecule has 2 rings (SSSR count). The van der Waals surface area contributed by atoms with Gasteiger partial charge >= 0.3 is 5.97 Å². The van der Waals surface area contributed by atoms with Gasteiger partial charge in [0.2, 0.25) is 5.91 Å². The first-order chi connectivity index (χ1) is 12.8. The molecule has 0 aromatic heterocycles. The summed E-state index contributed by atoms with van der Waals surface area (Å²) in [5, 5.41) is 5.59. The van der Waals surface area contributed by atoms with Crippen LogP contribution in [0.2, 0.25) is 0 Å². The van der Waals surface area contributed by atoms with Crippen molar-refractivity contribution in [2.75, 3.05) is 5.32 Å². The Labute approximate surface area is 158 Å². The molecule has 2 aromatic rings. The molecule has 0 saturated carbocycles. The normalized spacial score (nSPS) is 9.89. The van der Waals surface area contributed by atoms with Crippen molar-refractivity contribution in [3.8, 4) is 5.75 Å². The lowest BCUT2D eigenvalue weighted by Gasteiger charge is -2.09. The molecule has 0 aliphatic heterocycles. The predicted octanol–water partition coefficient (Wildman–Crippen LogP) is 3.45. The topological polar surface area (TPSA) is 84.5 Å². The van der Waals surface area contributed by atoms with Crippen LogP contribution in [0.15, 0.2) is 60.2 Å². The van der Waals surface area contributed by atoms with Gasteiger partial charge in [-0.15, -0.1) is 0 Å². The summed E-state index contributed by atoms with van der Waals surface area (Å²) in [7, 11) is 0. The Morgan fingerprint density at radius 2 is 1.74 bits per heavy atom.